The van der Waals surface area contributed by atoms with Crippen molar-refractivity contribution in [2.75, 3.05) is 34.3 Å². The first-order valence-electron chi connectivity index (χ1n) is 12.8. The van der Waals surface area contributed by atoms with Crippen LogP contribution in [0.5, 0.6) is 0 Å². The third-order valence-electron chi connectivity index (χ3n) is 5.92. The topological polar surface area (TPSA) is 79.0 Å². The highest BCUT2D eigenvalue weighted by molar-refractivity contribution is 5.90. The van der Waals surface area contributed by atoms with Crippen molar-refractivity contribution in [3.8, 4) is 0 Å². The van der Waals surface area contributed by atoms with E-state index in [0.29, 0.717) is 18.6 Å². The number of carbonyl (C=O) groups is 3. The predicted octanol–water partition coefficient (Wildman–Crippen LogP) is 4.41. The quantitative estimate of drug-likeness (QED) is 0.213. The van der Waals surface area contributed by atoms with Crippen LogP contribution >= 0.6 is 0 Å². The van der Waals surface area contributed by atoms with E-state index >= 15 is 0 Å². The molecule has 1 N–H and O–H groups in total. The molecule has 0 heterocycles. The minimum Gasteiger partial charge on any atom is -0.463 e. The molecule has 7 heteroatoms. The van der Waals surface area contributed by atoms with Crippen LogP contribution < -0.4 is 5.32 Å². The normalized spacial score (nSPS) is 14.2. The van der Waals surface area contributed by atoms with E-state index in [9.17, 15) is 14.4 Å². The highest BCUT2D eigenvalue weighted by Gasteiger charge is 2.36. The van der Waals surface area contributed by atoms with Crippen molar-refractivity contribution in [2.45, 2.75) is 99.1 Å². The van der Waals surface area contributed by atoms with Crippen molar-refractivity contribution >= 4 is 17.8 Å². The fourth-order valence-corrected chi connectivity index (χ4v) is 3.80. The molecule has 0 spiro atoms. The van der Waals surface area contributed by atoms with E-state index in [0.717, 1.165) is 25.8 Å². The monoisotopic (exact) mass is 481 g/mol. The van der Waals surface area contributed by atoms with Gasteiger partial charge in [-0.15, -0.1) is 0 Å². The number of nitrogens with one attached hydrogen (secondary N) is 1. The smallest absolute Gasteiger partial charge is 0.333 e. The Hall–Kier alpha value is -1.89. The minimum absolute atomic E-state index is 0.0853. The van der Waals surface area contributed by atoms with Crippen molar-refractivity contribution in [1.29, 1.82) is 0 Å². The summed E-state index contributed by atoms with van der Waals surface area (Å²) >= 11 is 0. The molecule has 0 fully saturated rings. The van der Waals surface area contributed by atoms with Gasteiger partial charge >= 0.3 is 5.97 Å². The minimum atomic E-state index is -0.650. The van der Waals surface area contributed by atoms with E-state index in [-0.39, 0.29) is 29.7 Å². The van der Waals surface area contributed by atoms with Gasteiger partial charge in [0.05, 0.1) is 12.6 Å². The average Bonchev–Trinajstić information content (AvgIpc) is 2.72. The second-order valence-electron chi connectivity index (χ2n) is 10.9. The molecule has 0 saturated heterocycles. The third kappa shape index (κ3) is 12.5. The summed E-state index contributed by atoms with van der Waals surface area (Å²) in [5.41, 5.74) is 0.0244. The Morgan fingerprint density at radius 3 is 2.03 bits per heavy atom. The second-order valence-corrected chi connectivity index (χ2v) is 10.9. The van der Waals surface area contributed by atoms with Gasteiger partial charge in [-0.25, -0.2) is 4.79 Å². The Balaban J connectivity index is 5.14. The van der Waals surface area contributed by atoms with Crippen LogP contribution in [0, 0.1) is 11.3 Å². The van der Waals surface area contributed by atoms with Gasteiger partial charge in [0.25, 0.3) is 0 Å². The van der Waals surface area contributed by atoms with E-state index in [1.54, 1.807) is 31.9 Å². The zero-order valence-electron chi connectivity index (χ0n) is 23.5. The first kappa shape index (κ1) is 32.1. The molecule has 7 nitrogen and oxygen atoms in total. The SMILES string of the molecule is CCOC(=O)/C(C)=C/[C@H](C(C)C)N(C)C(=O)C(NC(=O)CCCCCCCN(C)C)C(C)(C)C. The number of carbonyl (C=O) groups excluding carboxylic acids is 3. The zero-order valence-corrected chi connectivity index (χ0v) is 23.5. The molecular formula is C27H51N3O4. The van der Waals surface area contributed by atoms with E-state index < -0.39 is 11.5 Å². The molecule has 0 aromatic heterocycles. The summed E-state index contributed by atoms with van der Waals surface area (Å²) in [6, 6.07) is -0.941. The molecule has 198 valence electrons. The second kappa shape index (κ2) is 15.9. The van der Waals surface area contributed by atoms with Crippen LogP contribution in [-0.2, 0) is 19.1 Å². The van der Waals surface area contributed by atoms with Crippen molar-refractivity contribution in [3.63, 3.8) is 0 Å². The van der Waals surface area contributed by atoms with Crippen LogP contribution in [0.4, 0.5) is 0 Å². The average molecular weight is 482 g/mol. The highest BCUT2D eigenvalue weighted by Crippen LogP contribution is 2.24. The molecule has 0 aliphatic rings. The summed E-state index contributed by atoms with van der Waals surface area (Å²) in [6.07, 6.45) is 7.52. The molecule has 34 heavy (non-hydrogen) atoms. The highest BCUT2D eigenvalue weighted by atomic mass is 16.5. The van der Waals surface area contributed by atoms with Crippen LogP contribution in [0.25, 0.3) is 0 Å². The fourth-order valence-electron chi connectivity index (χ4n) is 3.80. The van der Waals surface area contributed by atoms with Gasteiger partial charge in [0.1, 0.15) is 6.04 Å². The molecule has 0 aromatic rings. The Kier molecular flexibility index (Phi) is 15.0. The number of amides is 2. The first-order chi connectivity index (χ1) is 15.7. The van der Waals surface area contributed by atoms with Gasteiger partial charge in [-0.2, -0.15) is 0 Å². The zero-order chi connectivity index (χ0) is 26.5. The Morgan fingerprint density at radius 1 is 0.971 bits per heavy atom. The number of hydrogen-bond acceptors (Lipinski definition) is 5. The van der Waals surface area contributed by atoms with E-state index in [2.05, 4.69) is 24.3 Å². The van der Waals surface area contributed by atoms with Crippen molar-refractivity contribution in [1.82, 2.24) is 15.1 Å². The number of esters is 1. The molecule has 1 unspecified atom stereocenters. The number of ether oxygens (including phenoxy) is 1. The van der Waals surface area contributed by atoms with Crippen LogP contribution in [0.2, 0.25) is 0 Å². The van der Waals surface area contributed by atoms with E-state index in [1.807, 2.05) is 34.6 Å². The summed E-state index contributed by atoms with van der Waals surface area (Å²) in [6.45, 7) is 14.8. The van der Waals surface area contributed by atoms with Crippen molar-refractivity contribution in [3.05, 3.63) is 11.6 Å². The number of rotatable bonds is 15. The molecule has 0 aliphatic heterocycles. The largest absolute Gasteiger partial charge is 0.463 e. The Morgan fingerprint density at radius 2 is 1.53 bits per heavy atom. The number of nitrogens with zero attached hydrogens (tertiary/aromatic N) is 2. The Labute approximate surface area is 208 Å². The van der Waals surface area contributed by atoms with E-state index in [1.165, 1.54) is 12.8 Å². The van der Waals surface area contributed by atoms with Gasteiger partial charge in [0.2, 0.25) is 11.8 Å². The standard InChI is InChI=1S/C27H51N3O4/c1-11-34-26(33)21(4)19-22(20(2)3)30(10)25(32)24(27(5,6)7)28-23(31)17-15-13-12-14-16-18-29(8)9/h19-20,22,24H,11-18H2,1-10H3,(H,28,31)/b21-19+/t22-,24?/m1/s1. The molecular weight excluding hydrogens is 430 g/mol. The lowest BCUT2D eigenvalue weighted by molar-refractivity contribution is -0.140. The van der Waals surface area contributed by atoms with Gasteiger partial charge in [0, 0.05) is 19.0 Å². The maximum Gasteiger partial charge on any atom is 0.333 e. The number of hydrogen-bond donors (Lipinski definition) is 1. The van der Waals surface area contributed by atoms with Gasteiger partial charge in [-0.3, -0.25) is 9.59 Å². The third-order valence-corrected chi connectivity index (χ3v) is 5.92. The lowest BCUT2D eigenvalue weighted by Gasteiger charge is -2.37. The van der Waals surface area contributed by atoms with Gasteiger partial charge in [-0.05, 0) is 58.7 Å². The summed E-state index contributed by atoms with van der Waals surface area (Å²) in [7, 11) is 5.90. The van der Waals surface area contributed by atoms with Crippen molar-refractivity contribution < 1.29 is 19.1 Å². The lowest BCUT2D eigenvalue weighted by atomic mass is 9.85. The number of unbranched alkanes of at least 4 members (excludes halogenated alkanes) is 4. The summed E-state index contributed by atoms with van der Waals surface area (Å²) in [4.78, 5) is 42.1. The molecule has 2 amide bonds. The van der Waals surface area contributed by atoms with Gasteiger partial charge in [0.15, 0.2) is 0 Å². The van der Waals surface area contributed by atoms with E-state index in [4.69, 9.17) is 4.74 Å². The molecule has 2 atom stereocenters. The Bertz CT molecular complexity index is 665. The maximum absolute atomic E-state index is 13.5. The maximum atomic E-state index is 13.5. The first-order valence-corrected chi connectivity index (χ1v) is 12.8. The predicted molar refractivity (Wildman–Crippen MR) is 139 cm³/mol. The molecule has 0 bridgehead atoms. The van der Waals surface area contributed by atoms with Crippen LogP contribution in [0.15, 0.2) is 11.6 Å². The van der Waals surface area contributed by atoms with Gasteiger partial charge in [-0.1, -0.05) is 60.0 Å². The summed E-state index contributed by atoms with van der Waals surface area (Å²) in [5.74, 6) is -0.538. The summed E-state index contributed by atoms with van der Waals surface area (Å²) in [5, 5.41) is 3.00. The van der Waals surface area contributed by atoms with Crippen molar-refractivity contribution in [2.24, 2.45) is 11.3 Å². The number of likely N-dealkylation sites (N-methyl/N-ethyl adjacent to an activating group) is 1. The van der Waals surface area contributed by atoms with Crippen LogP contribution in [-0.4, -0.2) is 74.0 Å². The molecule has 0 rings (SSSR count). The molecule has 0 aliphatic carbocycles. The van der Waals surface area contributed by atoms with Crippen LogP contribution in [0.3, 0.4) is 0 Å². The lowest BCUT2D eigenvalue weighted by Crippen LogP contribution is -2.56. The van der Waals surface area contributed by atoms with Crippen LogP contribution in [0.1, 0.15) is 87.0 Å². The summed E-state index contributed by atoms with van der Waals surface area (Å²) < 4.78 is 5.09. The molecule has 0 radical (unpaired) electrons. The molecule has 0 aromatic carbocycles. The molecule has 0 saturated carbocycles. The fraction of sp³-hybridized carbons (Fsp3) is 0.815. The van der Waals surface area contributed by atoms with Gasteiger partial charge < -0.3 is 19.9 Å².